The van der Waals surface area contributed by atoms with Crippen molar-refractivity contribution >= 4 is 5.78 Å². The molecule has 1 aromatic carbocycles. The van der Waals surface area contributed by atoms with Gasteiger partial charge in [0.15, 0.2) is 5.78 Å². The number of nitrogens with zero attached hydrogens (tertiary/aromatic N) is 4. The van der Waals surface area contributed by atoms with Gasteiger partial charge in [-0.2, -0.15) is 5.26 Å². The summed E-state index contributed by atoms with van der Waals surface area (Å²) >= 11 is 0. The third kappa shape index (κ3) is 1.62. The van der Waals surface area contributed by atoms with Crippen molar-refractivity contribution in [3.05, 3.63) is 45.3 Å². The molecule has 5 nitrogen and oxygen atoms in total. The molecule has 0 heterocycles. The largest absolute Gasteiger partial charge is 0.294 e. The second kappa shape index (κ2) is 4.05. The fourth-order valence-corrected chi connectivity index (χ4v) is 1.89. The first-order valence-electron chi connectivity index (χ1n) is 4.87. The molecule has 0 spiro atoms. The maximum Gasteiger partial charge on any atom is 0.172 e. The zero-order chi connectivity index (χ0) is 11.5. The maximum atomic E-state index is 11.9. The molecule has 2 rings (SSSR count). The first kappa shape index (κ1) is 10.2. The number of rotatable bonds is 1. The summed E-state index contributed by atoms with van der Waals surface area (Å²) in [5.74, 6) is -0.150. The highest BCUT2D eigenvalue weighted by atomic mass is 16.1. The van der Waals surface area contributed by atoms with Crippen LogP contribution in [0.2, 0.25) is 0 Å². The summed E-state index contributed by atoms with van der Waals surface area (Å²) in [4.78, 5) is 14.5. The van der Waals surface area contributed by atoms with Gasteiger partial charge in [-0.1, -0.05) is 5.11 Å². The fourth-order valence-electron chi connectivity index (χ4n) is 1.89. The van der Waals surface area contributed by atoms with E-state index in [1.54, 1.807) is 18.2 Å². The van der Waals surface area contributed by atoms with Gasteiger partial charge >= 0.3 is 0 Å². The maximum absolute atomic E-state index is 11.9. The highest BCUT2D eigenvalue weighted by Gasteiger charge is 2.26. The van der Waals surface area contributed by atoms with Gasteiger partial charge in [0, 0.05) is 10.5 Å². The van der Waals surface area contributed by atoms with Crippen molar-refractivity contribution in [1.29, 1.82) is 5.26 Å². The molecule has 0 radical (unpaired) electrons. The monoisotopic (exact) mass is 212 g/mol. The molecule has 1 atom stereocenters. The van der Waals surface area contributed by atoms with Gasteiger partial charge in [0.25, 0.3) is 0 Å². The van der Waals surface area contributed by atoms with E-state index in [1.807, 2.05) is 6.07 Å². The number of carbonyl (C=O) groups is 1. The third-order valence-electron chi connectivity index (χ3n) is 2.68. The number of hydrogen-bond donors (Lipinski definition) is 0. The highest BCUT2D eigenvalue weighted by molar-refractivity contribution is 6.02. The topological polar surface area (TPSA) is 89.6 Å². The van der Waals surface area contributed by atoms with Crippen molar-refractivity contribution in [3.8, 4) is 6.07 Å². The van der Waals surface area contributed by atoms with E-state index >= 15 is 0 Å². The van der Waals surface area contributed by atoms with Crippen LogP contribution in [-0.2, 0) is 6.42 Å². The third-order valence-corrected chi connectivity index (χ3v) is 2.68. The van der Waals surface area contributed by atoms with Crippen LogP contribution in [0.5, 0.6) is 0 Å². The highest BCUT2D eigenvalue weighted by Crippen LogP contribution is 2.24. The van der Waals surface area contributed by atoms with Gasteiger partial charge in [0.05, 0.1) is 11.6 Å². The zero-order valence-electron chi connectivity index (χ0n) is 8.42. The average molecular weight is 212 g/mol. The summed E-state index contributed by atoms with van der Waals surface area (Å²) in [5, 5.41) is 12.2. The van der Waals surface area contributed by atoms with E-state index in [4.69, 9.17) is 10.8 Å². The molecule has 0 fully saturated rings. The Labute approximate surface area is 91.9 Å². The average Bonchev–Trinajstić information content (AvgIpc) is 2.32. The Morgan fingerprint density at radius 2 is 2.38 bits per heavy atom. The van der Waals surface area contributed by atoms with E-state index in [0.29, 0.717) is 24.0 Å². The van der Waals surface area contributed by atoms with Crippen LogP contribution in [-0.4, -0.2) is 11.8 Å². The number of carbonyl (C=O) groups excluding carboxylic acids is 1. The Hall–Kier alpha value is -2.31. The molecular weight excluding hydrogens is 204 g/mol. The molecule has 1 aromatic rings. The second-order valence-electron chi connectivity index (χ2n) is 3.61. The van der Waals surface area contributed by atoms with E-state index in [1.165, 1.54) is 0 Å². The van der Waals surface area contributed by atoms with Crippen LogP contribution in [0.4, 0.5) is 0 Å². The number of Topliss-reactive ketones (excluding diaryl/α,β-unsaturated/α-hetero) is 1. The van der Waals surface area contributed by atoms with Gasteiger partial charge in [0.1, 0.15) is 6.04 Å². The van der Waals surface area contributed by atoms with Gasteiger partial charge in [-0.3, -0.25) is 4.79 Å². The fraction of sp³-hybridized carbons (Fsp3) is 0.273. The lowest BCUT2D eigenvalue weighted by Crippen LogP contribution is -2.25. The lowest BCUT2D eigenvalue weighted by Gasteiger charge is -2.19. The van der Waals surface area contributed by atoms with Gasteiger partial charge in [-0.15, -0.1) is 0 Å². The number of benzene rings is 1. The molecule has 1 aliphatic rings. The first-order valence-corrected chi connectivity index (χ1v) is 4.87. The minimum atomic E-state index is -0.592. The molecule has 0 saturated heterocycles. The van der Waals surface area contributed by atoms with Crippen molar-refractivity contribution in [3.63, 3.8) is 0 Å². The van der Waals surface area contributed by atoms with Crippen molar-refractivity contribution in [2.75, 3.05) is 0 Å². The van der Waals surface area contributed by atoms with Crippen LogP contribution in [0.15, 0.2) is 23.3 Å². The predicted octanol–water partition coefficient (Wildman–Crippen LogP) is 2.37. The Bertz CT molecular complexity index is 537. The minimum absolute atomic E-state index is 0.150. The van der Waals surface area contributed by atoms with Crippen molar-refractivity contribution < 1.29 is 4.79 Å². The molecule has 0 bridgehead atoms. The van der Waals surface area contributed by atoms with E-state index < -0.39 is 6.04 Å². The van der Waals surface area contributed by atoms with Gasteiger partial charge in [-0.25, -0.2) is 0 Å². The number of fused-ring (bicyclic) bond motifs is 1. The quantitative estimate of drug-likeness (QED) is 0.406. The summed E-state index contributed by atoms with van der Waals surface area (Å²) in [7, 11) is 0. The summed E-state index contributed by atoms with van der Waals surface area (Å²) in [6.07, 6.45) is 1.19. The smallest absolute Gasteiger partial charge is 0.172 e. The number of aryl methyl sites for hydroxylation is 1. The summed E-state index contributed by atoms with van der Waals surface area (Å²) in [5.41, 5.74) is 10.3. The van der Waals surface area contributed by atoms with Crippen LogP contribution >= 0.6 is 0 Å². The molecular formula is C11H8N4O. The van der Waals surface area contributed by atoms with E-state index in [-0.39, 0.29) is 5.78 Å². The first-order chi connectivity index (χ1) is 7.76. The van der Waals surface area contributed by atoms with E-state index in [2.05, 4.69) is 10.0 Å². The van der Waals surface area contributed by atoms with Gasteiger partial charge in [-0.05, 0) is 42.1 Å². The van der Waals surface area contributed by atoms with Gasteiger partial charge in [0.2, 0.25) is 0 Å². The Morgan fingerprint density at radius 1 is 1.56 bits per heavy atom. The minimum Gasteiger partial charge on any atom is -0.294 e. The molecule has 1 aliphatic carbocycles. The van der Waals surface area contributed by atoms with Gasteiger partial charge < -0.3 is 0 Å². The number of ketones is 1. The summed E-state index contributed by atoms with van der Waals surface area (Å²) < 4.78 is 0. The predicted molar refractivity (Wildman–Crippen MR) is 56.7 cm³/mol. The van der Waals surface area contributed by atoms with Crippen molar-refractivity contribution in [2.45, 2.75) is 18.9 Å². The number of azide groups is 1. The molecule has 78 valence electrons. The summed E-state index contributed by atoms with van der Waals surface area (Å²) in [6, 6.07) is 6.41. The SMILES string of the molecule is N#Cc1ccc2c(c1)CCC(N=[N+]=[N-])C2=O. The molecule has 0 amide bonds. The molecule has 1 unspecified atom stereocenters. The lowest BCUT2D eigenvalue weighted by atomic mass is 9.86. The van der Waals surface area contributed by atoms with E-state index in [0.717, 1.165) is 5.56 Å². The van der Waals surface area contributed by atoms with Crippen LogP contribution in [0.25, 0.3) is 10.4 Å². The molecule has 0 N–H and O–H groups in total. The van der Waals surface area contributed by atoms with E-state index in [9.17, 15) is 4.79 Å². The standard InChI is InChI=1S/C11H8N4O/c12-6-7-1-3-9-8(5-7)2-4-10(11(9)16)14-15-13/h1,3,5,10H,2,4H2. The van der Waals surface area contributed by atoms with Crippen LogP contribution in [0.3, 0.4) is 0 Å². The normalized spacial score (nSPS) is 18.2. The Kier molecular flexibility index (Phi) is 2.59. The van der Waals surface area contributed by atoms with Crippen molar-refractivity contribution in [1.82, 2.24) is 0 Å². The molecule has 0 aliphatic heterocycles. The van der Waals surface area contributed by atoms with Crippen molar-refractivity contribution in [2.24, 2.45) is 5.11 Å². The summed E-state index contributed by atoms with van der Waals surface area (Å²) in [6.45, 7) is 0. The molecule has 0 aromatic heterocycles. The lowest BCUT2D eigenvalue weighted by molar-refractivity contribution is 0.0949. The number of hydrogen-bond acceptors (Lipinski definition) is 3. The Morgan fingerprint density at radius 3 is 3.06 bits per heavy atom. The zero-order valence-corrected chi connectivity index (χ0v) is 8.42. The van der Waals surface area contributed by atoms with Crippen LogP contribution in [0, 0.1) is 11.3 Å². The Balaban J connectivity index is 2.43. The molecule has 5 heteroatoms. The second-order valence-corrected chi connectivity index (χ2v) is 3.61. The van der Waals surface area contributed by atoms with Crippen LogP contribution < -0.4 is 0 Å². The molecule has 16 heavy (non-hydrogen) atoms. The van der Waals surface area contributed by atoms with Crippen LogP contribution in [0.1, 0.15) is 27.9 Å². The molecule has 0 saturated carbocycles. The number of nitriles is 1.